The second kappa shape index (κ2) is 4.51. The van der Waals surface area contributed by atoms with E-state index in [2.05, 4.69) is 4.98 Å². The number of rotatable bonds is 4. The molecule has 1 aliphatic rings. The number of carbonyl (C=O) groups excluding carboxylic acids is 1. The fraction of sp³-hybridized carbons (Fsp3) is 0.500. The summed E-state index contributed by atoms with van der Waals surface area (Å²) in [6, 6.07) is 3.68. The van der Waals surface area contributed by atoms with Crippen molar-refractivity contribution in [3.63, 3.8) is 0 Å². The van der Waals surface area contributed by atoms with Crippen LogP contribution in [0.1, 0.15) is 18.5 Å². The molecule has 0 radical (unpaired) electrons. The highest BCUT2D eigenvalue weighted by atomic mass is 16.6. The van der Waals surface area contributed by atoms with Crippen molar-refractivity contribution in [1.29, 1.82) is 0 Å². The average Bonchev–Trinajstić information content (AvgIpc) is 3.11. The van der Waals surface area contributed by atoms with Crippen LogP contribution in [-0.4, -0.2) is 24.2 Å². The highest BCUT2D eigenvalue weighted by Gasteiger charge is 2.39. The monoisotopic (exact) mass is 221 g/mol. The Morgan fingerprint density at radius 1 is 1.50 bits per heavy atom. The molecule has 1 aromatic heterocycles. The molecule has 1 aromatic rings. The number of ether oxygens (including phenoxy) is 2. The van der Waals surface area contributed by atoms with Gasteiger partial charge in [0.15, 0.2) is 6.10 Å². The van der Waals surface area contributed by atoms with E-state index < -0.39 is 6.10 Å². The first-order valence-corrected chi connectivity index (χ1v) is 5.38. The molecule has 1 heterocycles. The van der Waals surface area contributed by atoms with Gasteiger partial charge in [0.2, 0.25) is 0 Å². The lowest BCUT2D eigenvalue weighted by Crippen LogP contribution is -2.30. The zero-order chi connectivity index (χ0) is 11.5. The van der Waals surface area contributed by atoms with Crippen molar-refractivity contribution in [3.05, 3.63) is 24.0 Å². The molecule has 1 fully saturated rings. The van der Waals surface area contributed by atoms with Gasteiger partial charge in [0.25, 0.3) is 0 Å². The van der Waals surface area contributed by atoms with Gasteiger partial charge in [0.05, 0.1) is 13.3 Å². The smallest absolute Gasteiger partial charge is 0.347 e. The molecule has 4 nitrogen and oxygen atoms in total. The van der Waals surface area contributed by atoms with Crippen molar-refractivity contribution < 1.29 is 14.3 Å². The Morgan fingerprint density at radius 3 is 2.75 bits per heavy atom. The summed E-state index contributed by atoms with van der Waals surface area (Å²) in [6.45, 7) is 1.91. The largest absolute Gasteiger partial charge is 0.477 e. The molecule has 0 spiro atoms. The molecule has 0 saturated heterocycles. The van der Waals surface area contributed by atoms with Gasteiger partial charge < -0.3 is 9.47 Å². The van der Waals surface area contributed by atoms with Crippen molar-refractivity contribution in [2.75, 3.05) is 7.11 Å². The second-order valence-corrected chi connectivity index (χ2v) is 4.03. The molecule has 2 rings (SSSR count). The summed E-state index contributed by atoms with van der Waals surface area (Å²) in [5.74, 6) is 0.615. The number of aryl methyl sites for hydroxylation is 1. The van der Waals surface area contributed by atoms with Crippen LogP contribution >= 0.6 is 0 Å². The summed E-state index contributed by atoms with van der Waals surface area (Å²) in [5, 5.41) is 0. The van der Waals surface area contributed by atoms with Crippen LogP contribution < -0.4 is 4.74 Å². The number of hydrogen-bond acceptors (Lipinski definition) is 4. The van der Waals surface area contributed by atoms with Crippen LogP contribution in [0.3, 0.4) is 0 Å². The van der Waals surface area contributed by atoms with Crippen molar-refractivity contribution in [3.8, 4) is 5.75 Å². The zero-order valence-corrected chi connectivity index (χ0v) is 9.47. The van der Waals surface area contributed by atoms with Gasteiger partial charge in [-0.3, -0.25) is 4.98 Å². The molecule has 86 valence electrons. The van der Waals surface area contributed by atoms with Gasteiger partial charge in [0.1, 0.15) is 5.75 Å². The molecule has 1 aliphatic carbocycles. The number of hydrogen-bond donors (Lipinski definition) is 0. The molecular formula is C12H15NO3. The third-order valence-corrected chi connectivity index (χ3v) is 2.63. The SMILES string of the molecule is COC(=O)C(Oc1ccc(C)nc1)C1CC1. The minimum atomic E-state index is -0.477. The van der Waals surface area contributed by atoms with Crippen LogP contribution in [0.2, 0.25) is 0 Å². The van der Waals surface area contributed by atoms with E-state index in [4.69, 9.17) is 9.47 Å². The van der Waals surface area contributed by atoms with Gasteiger partial charge in [-0.1, -0.05) is 0 Å². The van der Waals surface area contributed by atoms with Crippen molar-refractivity contribution in [2.45, 2.75) is 25.9 Å². The summed E-state index contributed by atoms with van der Waals surface area (Å²) in [6.07, 6.45) is 3.21. The van der Waals surface area contributed by atoms with E-state index in [0.717, 1.165) is 18.5 Å². The number of methoxy groups -OCH3 is 1. The van der Waals surface area contributed by atoms with E-state index in [0.29, 0.717) is 11.7 Å². The van der Waals surface area contributed by atoms with E-state index in [1.807, 2.05) is 19.1 Å². The lowest BCUT2D eigenvalue weighted by molar-refractivity contribution is -0.149. The van der Waals surface area contributed by atoms with Crippen molar-refractivity contribution in [1.82, 2.24) is 4.98 Å². The maximum Gasteiger partial charge on any atom is 0.347 e. The topological polar surface area (TPSA) is 48.4 Å². The van der Waals surface area contributed by atoms with Gasteiger partial charge >= 0.3 is 5.97 Å². The third kappa shape index (κ3) is 2.51. The second-order valence-electron chi connectivity index (χ2n) is 4.03. The molecule has 16 heavy (non-hydrogen) atoms. The Morgan fingerprint density at radius 2 is 2.25 bits per heavy atom. The van der Waals surface area contributed by atoms with Crippen LogP contribution in [-0.2, 0) is 9.53 Å². The van der Waals surface area contributed by atoms with Crippen molar-refractivity contribution in [2.24, 2.45) is 5.92 Å². The maximum atomic E-state index is 11.5. The highest BCUT2D eigenvalue weighted by molar-refractivity contribution is 5.75. The van der Waals surface area contributed by atoms with Crippen LogP contribution in [0.5, 0.6) is 5.75 Å². The van der Waals surface area contributed by atoms with Crippen LogP contribution in [0.15, 0.2) is 18.3 Å². The summed E-state index contributed by atoms with van der Waals surface area (Å²) < 4.78 is 10.3. The van der Waals surface area contributed by atoms with Crippen molar-refractivity contribution >= 4 is 5.97 Å². The normalized spacial score (nSPS) is 16.6. The first-order chi connectivity index (χ1) is 7.70. The predicted octanol–water partition coefficient (Wildman–Crippen LogP) is 1.72. The Bertz CT molecular complexity index is 370. The van der Waals surface area contributed by atoms with Gasteiger partial charge in [-0.05, 0) is 31.9 Å². The Balaban J connectivity index is 2.05. The Labute approximate surface area is 94.6 Å². The summed E-state index contributed by atoms with van der Waals surface area (Å²) in [7, 11) is 1.38. The van der Waals surface area contributed by atoms with Gasteiger partial charge in [-0.15, -0.1) is 0 Å². The minimum Gasteiger partial charge on any atom is -0.477 e. The fourth-order valence-corrected chi connectivity index (χ4v) is 1.52. The number of pyridine rings is 1. The summed E-state index contributed by atoms with van der Waals surface area (Å²) >= 11 is 0. The number of aromatic nitrogens is 1. The average molecular weight is 221 g/mol. The molecule has 0 bridgehead atoms. The first-order valence-electron chi connectivity index (χ1n) is 5.38. The molecular weight excluding hydrogens is 206 g/mol. The first kappa shape index (κ1) is 10.9. The molecule has 0 aliphatic heterocycles. The number of nitrogens with zero attached hydrogens (tertiary/aromatic N) is 1. The molecule has 0 amide bonds. The lowest BCUT2D eigenvalue weighted by atomic mass is 10.2. The van der Waals surface area contributed by atoms with Crippen LogP contribution in [0.4, 0.5) is 0 Å². The van der Waals surface area contributed by atoms with Gasteiger partial charge in [0, 0.05) is 11.6 Å². The lowest BCUT2D eigenvalue weighted by Gasteiger charge is -2.15. The number of carbonyl (C=O) groups is 1. The predicted molar refractivity (Wildman–Crippen MR) is 58.1 cm³/mol. The van der Waals surface area contributed by atoms with Gasteiger partial charge in [-0.25, -0.2) is 4.79 Å². The summed E-state index contributed by atoms with van der Waals surface area (Å²) in [5.41, 5.74) is 0.924. The molecule has 0 N–H and O–H groups in total. The Kier molecular flexibility index (Phi) is 3.08. The molecule has 1 atom stereocenters. The molecule has 1 unspecified atom stereocenters. The fourth-order valence-electron chi connectivity index (χ4n) is 1.52. The highest BCUT2D eigenvalue weighted by Crippen LogP contribution is 2.35. The van der Waals surface area contributed by atoms with E-state index >= 15 is 0 Å². The Hall–Kier alpha value is -1.58. The van der Waals surface area contributed by atoms with Crippen LogP contribution in [0, 0.1) is 12.8 Å². The molecule has 1 saturated carbocycles. The van der Waals surface area contributed by atoms with E-state index in [9.17, 15) is 4.79 Å². The standard InChI is InChI=1S/C12H15NO3/c1-8-3-6-10(7-13-8)16-11(9-4-5-9)12(14)15-2/h3,6-7,9,11H,4-5H2,1-2H3. The zero-order valence-electron chi connectivity index (χ0n) is 9.47. The van der Waals surface area contributed by atoms with E-state index in [1.54, 1.807) is 6.20 Å². The maximum absolute atomic E-state index is 11.5. The molecule has 4 heteroatoms. The minimum absolute atomic E-state index is 0.300. The van der Waals surface area contributed by atoms with E-state index in [1.165, 1.54) is 7.11 Å². The summed E-state index contributed by atoms with van der Waals surface area (Å²) in [4.78, 5) is 15.6. The quantitative estimate of drug-likeness (QED) is 0.726. The number of esters is 1. The third-order valence-electron chi connectivity index (χ3n) is 2.63. The van der Waals surface area contributed by atoms with Gasteiger partial charge in [-0.2, -0.15) is 0 Å². The molecule has 0 aromatic carbocycles. The van der Waals surface area contributed by atoms with Crippen LogP contribution in [0.25, 0.3) is 0 Å². The van der Waals surface area contributed by atoms with E-state index in [-0.39, 0.29) is 5.97 Å².